The number of nitrogens with one attached hydrogen (secondary N) is 1. The molecule has 1 fully saturated rings. The molecule has 1 atom stereocenters. The van der Waals surface area contributed by atoms with E-state index in [1.54, 1.807) is 18.2 Å². The Kier molecular flexibility index (Phi) is 4.54. The molecule has 1 aromatic carbocycles. The van der Waals surface area contributed by atoms with Gasteiger partial charge in [-0.3, -0.25) is 0 Å². The highest BCUT2D eigenvalue weighted by molar-refractivity contribution is 7.89. The standard InChI is InChI=1S/C13H19FN2O2S/c1-16(9-11-5-2-3-7-13(11)14)19(17,18)10-12-6-4-8-15-12/h2-3,5,7,12,15H,4,6,8-10H2,1H3. The first kappa shape index (κ1) is 14.4. The molecule has 19 heavy (non-hydrogen) atoms. The van der Waals surface area contributed by atoms with Crippen LogP contribution < -0.4 is 5.32 Å². The molecule has 4 nitrogen and oxygen atoms in total. The van der Waals surface area contributed by atoms with Crippen LogP contribution in [0, 0.1) is 5.82 Å². The van der Waals surface area contributed by atoms with Crippen LogP contribution in [0.25, 0.3) is 0 Å². The lowest BCUT2D eigenvalue weighted by Gasteiger charge is -2.20. The zero-order chi connectivity index (χ0) is 13.9. The molecular weight excluding hydrogens is 267 g/mol. The quantitative estimate of drug-likeness (QED) is 0.888. The number of benzene rings is 1. The topological polar surface area (TPSA) is 49.4 Å². The Labute approximate surface area is 113 Å². The van der Waals surface area contributed by atoms with Gasteiger partial charge in [0.25, 0.3) is 0 Å². The van der Waals surface area contributed by atoms with Gasteiger partial charge in [0.1, 0.15) is 5.82 Å². The molecule has 1 aliphatic rings. The molecule has 1 unspecified atom stereocenters. The second kappa shape index (κ2) is 5.98. The van der Waals surface area contributed by atoms with Crippen LogP contribution >= 0.6 is 0 Å². The van der Waals surface area contributed by atoms with Crippen molar-refractivity contribution in [2.24, 2.45) is 0 Å². The largest absolute Gasteiger partial charge is 0.313 e. The van der Waals surface area contributed by atoms with E-state index >= 15 is 0 Å². The van der Waals surface area contributed by atoms with Gasteiger partial charge in [0, 0.05) is 25.2 Å². The molecular formula is C13H19FN2O2S. The van der Waals surface area contributed by atoms with Gasteiger partial charge in [-0.15, -0.1) is 0 Å². The Balaban J connectivity index is 2.02. The van der Waals surface area contributed by atoms with E-state index in [4.69, 9.17) is 0 Å². The van der Waals surface area contributed by atoms with Crippen molar-refractivity contribution in [2.75, 3.05) is 19.3 Å². The average molecular weight is 286 g/mol. The fourth-order valence-electron chi connectivity index (χ4n) is 2.25. The number of sulfonamides is 1. The minimum absolute atomic E-state index is 0.0214. The lowest BCUT2D eigenvalue weighted by molar-refractivity contribution is 0.450. The summed E-state index contributed by atoms with van der Waals surface area (Å²) in [7, 11) is -1.86. The Morgan fingerprint density at radius 2 is 2.16 bits per heavy atom. The first-order chi connectivity index (χ1) is 8.99. The van der Waals surface area contributed by atoms with Crippen LogP contribution in [0.3, 0.4) is 0 Å². The van der Waals surface area contributed by atoms with Crippen molar-refractivity contribution < 1.29 is 12.8 Å². The third-order valence-corrected chi connectivity index (χ3v) is 5.30. The molecule has 0 radical (unpaired) electrons. The minimum atomic E-state index is -3.35. The van der Waals surface area contributed by atoms with Gasteiger partial charge >= 0.3 is 0 Å². The van der Waals surface area contributed by atoms with E-state index in [9.17, 15) is 12.8 Å². The van der Waals surface area contributed by atoms with Crippen LogP contribution in [0.1, 0.15) is 18.4 Å². The predicted octanol–water partition coefficient (Wildman–Crippen LogP) is 1.34. The van der Waals surface area contributed by atoms with E-state index in [-0.39, 0.29) is 24.2 Å². The maximum Gasteiger partial charge on any atom is 0.215 e. The van der Waals surface area contributed by atoms with Crippen LogP contribution in [0.4, 0.5) is 4.39 Å². The fourth-order valence-corrected chi connectivity index (χ4v) is 3.63. The summed E-state index contributed by atoms with van der Waals surface area (Å²) in [6, 6.07) is 6.27. The average Bonchev–Trinajstić information content (AvgIpc) is 2.84. The molecule has 6 heteroatoms. The van der Waals surface area contributed by atoms with Crippen LogP contribution in [-0.4, -0.2) is 38.1 Å². The molecule has 2 rings (SSSR count). The van der Waals surface area contributed by atoms with Gasteiger partial charge < -0.3 is 5.32 Å². The summed E-state index contributed by atoms with van der Waals surface area (Å²) in [5.41, 5.74) is 0.396. The normalized spacial score (nSPS) is 20.1. The summed E-state index contributed by atoms with van der Waals surface area (Å²) < 4.78 is 39.1. The van der Waals surface area contributed by atoms with Gasteiger partial charge in [0.2, 0.25) is 10.0 Å². The number of rotatable bonds is 5. The highest BCUT2D eigenvalue weighted by atomic mass is 32.2. The summed E-state index contributed by atoms with van der Waals surface area (Å²) in [6.07, 6.45) is 1.89. The molecule has 0 bridgehead atoms. The molecule has 106 valence electrons. The molecule has 1 saturated heterocycles. The third-order valence-electron chi connectivity index (χ3n) is 3.40. The van der Waals surface area contributed by atoms with E-state index < -0.39 is 10.0 Å². The second-order valence-corrected chi connectivity index (χ2v) is 7.04. The molecule has 1 aromatic rings. The van der Waals surface area contributed by atoms with Crippen molar-refractivity contribution in [3.8, 4) is 0 Å². The second-order valence-electron chi connectivity index (χ2n) is 4.92. The van der Waals surface area contributed by atoms with Gasteiger partial charge in [-0.2, -0.15) is 0 Å². The summed E-state index contributed by atoms with van der Waals surface area (Å²) in [6.45, 7) is 0.943. The fraction of sp³-hybridized carbons (Fsp3) is 0.538. The zero-order valence-corrected chi connectivity index (χ0v) is 11.8. The molecule has 0 aliphatic carbocycles. The first-order valence-corrected chi connectivity index (χ1v) is 8.01. The smallest absolute Gasteiger partial charge is 0.215 e. The molecule has 0 saturated carbocycles. The van der Waals surface area contributed by atoms with Crippen molar-refractivity contribution in [1.29, 1.82) is 0 Å². The van der Waals surface area contributed by atoms with Gasteiger partial charge in [-0.1, -0.05) is 18.2 Å². The van der Waals surface area contributed by atoms with Gasteiger partial charge in [0.15, 0.2) is 0 Å². The SMILES string of the molecule is CN(Cc1ccccc1F)S(=O)(=O)CC1CCCN1. The minimum Gasteiger partial charge on any atom is -0.313 e. The van der Waals surface area contributed by atoms with E-state index in [1.807, 2.05) is 0 Å². The summed E-state index contributed by atoms with van der Waals surface area (Å²) >= 11 is 0. The van der Waals surface area contributed by atoms with Gasteiger partial charge in [-0.25, -0.2) is 17.1 Å². The Morgan fingerprint density at radius 1 is 1.42 bits per heavy atom. The molecule has 1 heterocycles. The van der Waals surface area contributed by atoms with Gasteiger partial charge in [-0.05, 0) is 25.5 Å². The summed E-state index contributed by atoms with van der Waals surface area (Å²) in [4.78, 5) is 0. The molecule has 0 spiro atoms. The van der Waals surface area contributed by atoms with E-state index in [0.717, 1.165) is 19.4 Å². The molecule has 1 N–H and O–H groups in total. The van der Waals surface area contributed by atoms with Gasteiger partial charge in [0.05, 0.1) is 5.75 Å². The molecule has 0 aromatic heterocycles. The van der Waals surface area contributed by atoms with E-state index in [1.165, 1.54) is 17.4 Å². The number of nitrogens with zero attached hydrogens (tertiary/aromatic N) is 1. The lowest BCUT2D eigenvalue weighted by Crippen LogP contribution is -2.37. The van der Waals surface area contributed by atoms with Crippen LogP contribution in [-0.2, 0) is 16.6 Å². The number of hydrogen-bond acceptors (Lipinski definition) is 3. The van der Waals surface area contributed by atoms with E-state index in [0.29, 0.717) is 5.56 Å². The van der Waals surface area contributed by atoms with Crippen molar-refractivity contribution in [3.05, 3.63) is 35.6 Å². The first-order valence-electron chi connectivity index (χ1n) is 6.40. The Hall–Kier alpha value is -0.980. The predicted molar refractivity (Wildman–Crippen MR) is 72.7 cm³/mol. The maximum atomic E-state index is 13.5. The summed E-state index contributed by atoms with van der Waals surface area (Å²) in [5, 5.41) is 3.16. The maximum absolute atomic E-state index is 13.5. The van der Waals surface area contributed by atoms with Crippen LogP contribution in [0.2, 0.25) is 0 Å². The molecule has 1 aliphatic heterocycles. The Bertz CT molecular complexity index is 527. The number of hydrogen-bond donors (Lipinski definition) is 1. The zero-order valence-electron chi connectivity index (χ0n) is 11.0. The van der Waals surface area contributed by atoms with Crippen LogP contribution in [0.15, 0.2) is 24.3 Å². The highest BCUT2D eigenvalue weighted by Crippen LogP contribution is 2.14. The lowest BCUT2D eigenvalue weighted by atomic mass is 10.2. The number of halogens is 1. The third kappa shape index (κ3) is 3.75. The van der Waals surface area contributed by atoms with E-state index in [2.05, 4.69) is 5.32 Å². The van der Waals surface area contributed by atoms with Crippen molar-refractivity contribution in [2.45, 2.75) is 25.4 Å². The van der Waals surface area contributed by atoms with Crippen LogP contribution in [0.5, 0.6) is 0 Å². The Morgan fingerprint density at radius 3 is 2.79 bits per heavy atom. The van der Waals surface area contributed by atoms with Crippen molar-refractivity contribution in [1.82, 2.24) is 9.62 Å². The van der Waals surface area contributed by atoms with Crippen molar-refractivity contribution >= 4 is 10.0 Å². The molecule has 0 amide bonds. The highest BCUT2D eigenvalue weighted by Gasteiger charge is 2.25. The van der Waals surface area contributed by atoms with Crippen molar-refractivity contribution in [3.63, 3.8) is 0 Å². The summed E-state index contributed by atoms with van der Waals surface area (Å²) in [5.74, 6) is -0.290. The monoisotopic (exact) mass is 286 g/mol.